The molecular formula is C21H40N4O6S12. The maximum atomic E-state index is 12.0. The largest absolute Gasteiger partial charge is 0.611 e. The average molecular weight is 829 g/mol. The molecule has 0 aliphatic carbocycles. The van der Waals surface area contributed by atoms with Gasteiger partial charge in [0, 0.05) is 60.3 Å². The van der Waals surface area contributed by atoms with E-state index in [1.54, 1.807) is 94.1 Å². The number of nitrogens with zero attached hydrogens (tertiary/aromatic N) is 2. The molecule has 0 saturated heterocycles. The first-order chi connectivity index (χ1) is 21.0. The fraction of sp³-hybridized carbons (Fsp3) is 0.810. The van der Waals surface area contributed by atoms with Gasteiger partial charge >= 0.3 is 0 Å². The molecule has 0 bridgehead atoms. The summed E-state index contributed by atoms with van der Waals surface area (Å²) in [6.07, 6.45) is 0. The highest BCUT2D eigenvalue weighted by Gasteiger charge is 2.06. The van der Waals surface area contributed by atoms with Gasteiger partial charge in [0.25, 0.3) is 10.5 Å². The molecule has 0 aromatic carbocycles. The van der Waals surface area contributed by atoms with Crippen LogP contribution in [0.25, 0.3) is 0 Å². The Labute approximate surface area is 304 Å². The van der Waals surface area contributed by atoms with Crippen LogP contribution >= 0.6 is 118 Å². The van der Waals surface area contributed by atoms with E-state index in [0.717, 1.165) is 32.5 Å². The summed E-state index contributed by atoms with van der Waals surface area (Å²) >= 11 is 13.0. The number of hydrogen-bond acceptors (Lipinski definition) is 18. The molecule has 0 aliphatic rings. The summed E-state index contributed by atoms with van der Waals surface area (Å²) in [4.78, 5) is 31.9. The number of aliphatic hydroxyl groups is 2. The molecule has 0 aromatic heterocycles. The maximum absolute atomic E-state index is 12.0. The first-order valence-corrected chi connectivity index (χ1v) is 26.4. The van der Waals surface area contributed by atoms with E-state index in [4.69, 9.17) is 10.2 Å². The second-order valence-electron chi connectivity index (χ2n) is 7.00. The maximum Gasteiger partial charge on any atom is 0.280 e. The first kappa shape index (κ1) is 45.3. The Morgan fingerprint density at radius 3 is 1.81 bits per heavy atom. The lowest BCUT2D eigenvalue weighted by Gasteiger charge is -2.06. The van der Waals surface area contributed by atoms with Gasteiger partial charge in [0.2, 0.25) is 11.1 Å². The topological polar surface area (TPSA) is 169 Å². The number of nitrogens with one attached hydrogen (secondary N) is 2. The number of hydrogen-bond donors (Lipinski definition) is 4. The van der Waals surface area contributed by atoms with Crippen molar-refractivity contribution >= 4 is 162 Å². The zero-order valence-electron chi connectivity index (χ0n) is 23.5. The van der Waals surface area contributed by atoms with Gasteiger partial charge in [-0.2, -0.15) is 23.5 Å². The van der Waals surface area contributed by atoms with Crippen LogP contribution in [-0.4, -0.2) is 138 Å². The predicted molar refractivity (Wildman–Crippen MR) is 213 cm³/mol. The van der Waals surface area contributed by atoms with E-state index in [0.29, 0.717) is 50.9 Å². The van der Waals surface area contributed by atoms with Gasteiger partial charge in [-0.3, -0.25) is 9.59 Å². The van der Waals surface area contributed by atoms with E-state index < -0.39 is 22.4 Å². The summed E-state index contributed by atoms with van der Waals surface area (Å²) in [5.74, 6) is 6.34. The lowest BCUT2D eigenvalue weighted by molar-refractivity contribution is 0.261. The van der Waals surface area contributed by atoms with E-state index in [1.807, 2.05) is 0 Å². The Bertz CT molecular complexity index is 724. The molecule has 2 amide bonds. The third-order valence-electron chi connectivity index (χ3n) is 3.69. The summed E-state index contributed by atoms with van der Waals surface area (Å²) in [6, 6.07) is 0. The minimum absolute atomic E-state index is 0.0364. The van der Waals surface area contributed by atoms with Gasteiger partial charge in [-0.25, -0.2) is 9.98 Å². The number of carbonyl (C=O) groups excluding carboxylic acids is 2. The van der Waals surface area contributed by atoms with E-state index in [-0.39, 0.29) is 23.7 Å². The Kier molecular flexibility index (Phi) is 39.1. The molecule has 22 heteroatoms. The summed E-state index contributed by atoms with van der Waals surface area (Å²) in [7, 11) is 0. The standard InChI is InChI=1S/C21H40N4O6S12/c26-1-3-32-5-6-40-20(28)24-11-36-16-35-10-23-14-43(31)19-39-17-38-18-41-21(29)25-12-37-15-34-9-22-13-42(30)8-7-33-4-2-27/h13-14,26-27H,1-12,15-19H2,(H,24,28)(H,25,29)/b22-13-,23-14-. The number of aliphatic imine (C=N–C) groups is 2. The first-order valence-electron chi connectivity index (χ1n) is 12.4. The monoisotopic (exact) mass is 828 g/mol. The molecule has 2 atom stereocenters. The fourth-order valence-corrected chi connectivity index (χ4v) is 13.0. The normalized spacial score (nSPS) is 13.1. The van der Waals surface area contributed by atoms with Crippen LogP contribution in [0.15, 0.2) is 9.98 Å². The van der Waals surface area contributed by atoms with Crippen LogP contribution in [0.2, 0.25) is 0 Å². The molecule has 0 saturated carbocycles. The highest BCUT2D eigenvalue weighted by molar-refractivity contribution is 8.29. The zero-order valence-corrected chi connectivity index (χ0v) is 33.3. The average Bonchev–Trinajstić information content (AvgIpc) is 2.99. The van der Waals surface area contributed by atoms with Gasteiger partial charge in [-0.1, -0.05) is 35.3 Å². The smallest absolute Gasteiger partial charge is 0.280 e. The lowest BCUT2D eigenvalue weighted by atomic mass is 10.9. The third kappa shape index (κ3) is 37.0. The van der Waals surface area contributed by atoms with Crippen molar-refractivity contribution in [3.05, 3.63) is 0 Å². The second-order valence-corrected chi connectivity index (χ2v) is 21.8. The summed E-state index contributed by atoms with van der Waals surface area (Å²) in [5, 5.41) is 26.4. The molecule has 252 valence electrons. The molecule has 10 nitrogen and oxygen atoms in total. The van der Waals surface area contributed by atoms with Crippen molar-refractivity contribution < 1.29 is 28.9 Å². The quantitative estimate of drug-likeness (QED) is 0.0254. The molecule has 0 aliphatic heterocycles. The number of amides is 2. The number of carbonyl (C=O) groups is 2. The molecular weight excluding hydrogens is 789 g/mol. The van der Waals surface area contributed by atoms with Crippen LogP contribution in [-0.2, 0) is 22.4 Å². The van der Waals surface area contributed by atoms with Gasteiger partial charge in [-0.05, 0) is 11.2 Å². The van der Waals surface area contributed by atoms with Crippen LogP contribution in [0.5, 0.6) is 0 Å². The molecule has 43 heavy (non-hydrogen) atoms. The summed E-state index contributed by atoms with van der Waals surface area (Å²) in [5.41, 5.74) is 2.96. The minimum atomic E-state index is -1.13. The Morgan fingerprint density at radius 2 is 1.19 bits per heavy atom. The number of rotatable bonds is 30. The van der Waals surface area contributed by atoms with Gasteiger partial charge in [-0.15, -0.1) is 58.8 Å². The molecule has 4 N–H and O–H groups in total. The SMILES string of the molecule is O=C(NCSCSC/N=C\[S+]([O-])CSCSCSC(=O)NCSCSC/N=C\[S+]([O-])CCSCCO)SCCSCCO. The molecule has 0 spiro atoms. The van der Waals surface area contributed by atoms with Gasteiger partial charge < -0.3 is 30.0 Å². The molecule has 0 fully saturated rings. The summed E-state index contributed by atoms with van der Waals surface area (Å²) in [6.45, 7) is 0.304. The molecule has 0 aromatic rings. The Hall–Kier alpha value is 2.32. The Morgan fingerprint density at radius 1 is 0.628 bits per heavy atom. The van der Waals surface area contributed by atoms with Crippen molar-refractivity contribution in [3.8, 4) is 0 Å². The van der Waals surface area contributed by atoms with E-state index >= 15 is 0 Å². The van der Waals surface area contributed by atoms with E-state index in [1.165, 1.54) is 34.6 Å². The van der Waals surface area contributed by atoms with Crippen LogP contribution in [0.4, 0.5) is 9.59 Å². The molecule has 0 heterocycles. The molecule has 0 radical (unpaired) electrons. The highest BCUT2D eigenvalue weighted by atomic mass is 32.3. The van der Waals surface area contributed by atoms with Crippen molar-refractivity contribution in [2.24, 2.45) is 9.98 Å². The number of thioether (sulfide) groups is 10. The summed E-state index contributed by atoms with van der Waals surface area (Å²) < 4.78 is 23.7. The van der Waals surface area contributed by atoms with Crippen molar-refractivity contribution in [2.45, 2.75) is 0 Å². The fourth-order valence-electron chi connectivity index (χ4n) is 1.99. The van der Waals surface area contributed by atoms with Gasteiger partial charge in [0.05, 0.1) is 36.7 Å². The van der Waals surface area contributed by atoms with Gasteiger partial charge in [0.15, 0.2) is 5.08 Å². The van der Waals surface area contributed by atoms with Crippen molar-refractivity contribution in [3.63, 3.8) is 0 Å². The second kappa shape index (κ2) is 37.1. The molecule has 0 rings (SSSR count). The molecule has 2 unspecified atom stereocenters. The van der Waals surface area contributed by atoms with Crippen molar-refractivity contribution in [1.29, 1.82) is 0 Å². The van der Waals surface area contributed by atoms with E-state index in [9.17, 15) is 18.7 Å². The van der Waals surface area contributed by atoms with Crippen LogP contribution in [0.1, 0.15) is 0 Å². The zero-order chi connectivity index (χ0) is 31.6. The van der Waals surface area contributed by atoms with Gasteiger partial charge in [0.1, 0.15) is 5.75 Å². The number of aliphatic hydroxyl groups excluding tert-OH is 2. The van der Waals surface area contributed by atoms with Crippen molar-refractivity contribution in [2.75, 3.05) is 96.7 Å². The van der Waals surface area contributed by atoms with Crippen LogP contribution < -0.4 is 10.6 Å². The highest BCUT2D eigenvalue weighted by Crippen LogP contribution is 2.20. The third-order valence-corrected chi connectivity index (χ3v) is 16.8. The van der Waals surface area contributed by atoms with Crippen LogP contribution in [0.3, 0.4) is 0 Å². The predicted octanol–water partition coefficient (Wildman–Crippen LogP) is 4.89. The van der Waals surface area contributed by atoms with Crippen molar-refractivity contribution in [1.82, 2.24) is 10.6 Å². The van der Waals surface area contributed by atoms with E-state index in [2.05, 4.69) is 20.6 Å². The lowest BCUT2D eigenvalue weighted by Crippen LogP contribution is -2.18. The van der Waals surface area contributed by atoms with Crippen LogP contribution in [0, 0.1) is 0 Å². The minimum Gasteiger partial charge on any atom is -0.611 e. The Balaban J connectivity index is 3.47.